The zero-order valence-electron chi connectivity index (χ0n) is 6.94. The van der Waals surface area contributed by atoms with Crippen molar-refractivity contribution in [2.24, 2.45) is 0 Å². The highest BCUT2D eigenvalue weighted by molar-refractivity contribution is 7.10. The van der Waals surface area contributed by atoms with E-state index < -0.39 is 11.6 Å². The van der Waals surface area contributed by atoms with E-state index >= 15 is 0 Å². The van der Waals surface area contributed by atoms with Crippen molar-refractivity contribution in [1.82, 2.24) is 0 Å². The van der Waals surface area contributed by atoms with Crippen molar-refractivity contribution in [2.45, 2.75) is 12.5 Å². The van der Waals surface area contributed by atoms with Crippen molar-refractivity contribution < 1.29 is 15.0 Å². The van der Waals surface area contributed by atoms with Crippen LogP contribution in [0.4, 0.5) is 0 Å². The second kappa shape index (κ2) is 3.60. The van der Waals surface area contributed by atoms with Gasteiger partial charge in [-0.2, -0.15) is 0 Å². The van der Waals surface area contributed by atoms with E-state index in [0.717, 1.165) is 11.3 Å². The van der Waals surface area contributed by atoms with Crippen LogP contribution in [0, 0.1) is 11.8 Å². The smallest absolute Gasteiger partial charge is 0.354 e. The van der Waals surface area contributed by atoms with Gasteiger partial charge < -0.3 is 10.2 Å². The van der Waals surface area contributed by atoms with E-state index in [2.05, 4.69) is 11.8 Å². The lowest BCUT2D eigenvalue weighted by Crippen LogP contribution is -2.32. The summed E-state index contributed by atoms with van der Waals surface area (Å²) in [6, 6.07) is 3.22. The van der Waals surface area contributed by atoms with Crippen LogP contribution in [-0.4, -0.2) is 16.2 Å². The summed E-state index contributed by atoms with van der Waals surface area (Å²) in [6.07, 6.45) is 0. The first-order chi connectivity index (χ1) is 6.11. The molecule has 3 nitrogen and oxygen atoms in total. The van der Waals surface area contributed by atoms with Crippen molar-refractivity contribution >= 4 is 17.3 Å². The number of hydrogen-bond donors (Lipinski definition) is 2. The highest BCUT2D eigenvalue weighted by atomic mass is 32.1. The summed E-state index contributed by atoms with van der Waals surface area (Å²) in [4.78, 5) is 11.1. The minimum absolute atomic E-state index is 0.328. The maximum atomic E-state index is 10.8. The maximum absolute atomic E-state index is 10.8. The van der Waals surface area contributed by atoms with Crippen LogP contribution in [0.2, 0.25) is 0 Å². The van der Waals surface area contributed by atoms with Gasteiger partial charge in [0.2, 0.25) is 0 Å². The molecule has 0 saturated carbocycles. The largest absolute Gasteiger partial charge is 0.478 e. The molecule has 68 valence electrons. The lowest BCUT2D eigenvalue weighted by Gasteiger charge is -2.14. The first-order valence-corrected chi connectivity index (χ1v) is 4.43. The fourth-order valence-corrected chi connectivity index (χ4v) is 1.66. The summed E-state index contributed by atoms with van der Waals surface area (Å²) in [5, 5.41) is 20.2. The Morgan fingerprint density at radius 3 is 2.77 bits per heavy atom. The van der Waals surface area contributed by atoms with Crippen LogP contribution < -0.4 is 0 Å². The van der Waals surface area contributed by atoms with Crippen molar-refractivity contribution in [2.75, 3.05) is 0 Å². The predicted molar refractivity (Wildman–Crippen MR) is 49.3 cm³/mol. The van der Waals surface area contributed by atoms with Crippen LogP contribution in [-0.2, 0) is 10.4 Å². The average Bonchev–Trinajstić information content (AvgIpc) is 2.56. The molecular weight excluding hydrogens is 188 g/mol. The number of aliphatic carboxylic acids is 1. The highest BCUT2D eigenvalue weighted by Gasteiger charge is 2.37. The summed E-state index contributed by atoms with van der Waals surface area (Å²) in [5.41, 5.74) is -2.05. The molecule has 1 aromatic rings. The summed E-state index contributed by atoms with van der Waals surface area (Å²) in [6.45, 7) is 1.49. The number of carboxylic acid groups (broad SMARTS) is 1. The predicted octanol–water partition coefficient (Wildman–Crippen LogP) is 1.04. The summed E-state index contributed by atoms with van der Waals surface area (Å²) in [5.74, 6) is 3.34. The van der Waals surface area contributed by atoms with Crippen LogP contribution >= 0.6 is 11.3 Å². The Hall–Kier alpha value is -1.31. The Balaban J connectivity index is 3.18. The van der Waals surface area contributed by atoms with Crippen LogP contribution in [0.25, 0.3) is 0 Å². The topological polar surface area (TPSA) is 57.5 Å². The standard InChI is InChI=1S/C9H8O3S/c1-2-5-9(12,8(10)11)7-4-3-6-13-7/h3-4,6,12H,1H3,(H,10,11). The number of thiophene rings is 1. The van der Waals surface area contributed by atoms with Gasteiger partial charge in [-0.15, -0.1) is 17.3 Å². The normalized spacial score (nSPS) is 14.0. The van der Waals surface area contributed by atoms with Gasteiger partial charge in [-0.05, 0) is 18.4 Å². The highest BCUT2D eigenvalue weighted by Crippen LogP contribution is 2.25. The Morgan fingerprint density at radius 1 is 1.69 bits per heavy atom. The molecule has 1 rings (SSSR count). The summed E-state index contributed by atoms with van der Waals surface area (Å²) in [7, 11) is 0. The monoisotopic (exact) mass is 196 g/mol. The molecule has 0 aromatic carbocycles. The van der Waals surface area contributed by atoms with Gasteiger partial charge in [0.25, 0.3) is 5.60 Å². The third-order valence-corrected chi connectivity index (χ3v) is 2.47. The molecule has 0 radical (unpaired) electrons. The Labute approximate surface area is 79.6 Å². The number of rotatable bonds is 2. The van der Waals surface area contributed by atoms with E-state index in [1.807, 2.05) is 0 Å². The molecule has 0 aliphatic heterocycles. The maximum Gasteiger partial charge on any atom is 0.354 e. The van der Waals surface area contributed by atoms with E-state index in [0.29, 0.717) is 4.88 Å². The van der Waals surface area contributed by atoms with Crippen molar-refractivity contribution in [1.29, 1.82) is 0 Å². The van der Waals surface area contributed by atoms with E-state index in [9.17, 15) is 9.90 Å². The van der Waals surface area contributed by atoms with Crippen LogP contribution in [0.15, 0.2) is 17.5 Å². The molecule has 1 aromatic heterocycles. The average molecular weight is 196 g/mol. The lowest BCUT2D eigenvalue weighted by molar-refractivity contribution is -0.153. The van der Waals surface area contributed by atoms with E-state index in [1.54, 1.807) is 17.5 Å². The molecule has 1 unspecified atom stereocenters. The van der Waals surface area contributed by atoms with Gasteiger partial charge in [-0.3, -0.25) is 0 Å². The molecule has 0 spiro atoms. The van der Waals surface area contributed by atoms with Gasteiger partial charge in [0.1, 0.15) is 0 Å². The third kappa shape index (κ3) is 1.72. The molecule has 0 amide bonds. The molecule has 0 aliphatic carbocycles. The zero-order chi connectivity index (χ0) is 9.90. The molecule has 0 saturated heterocycles. The molecule has 1 atom stereocenters. The van der Waals surface area contributed by atoms with Crippen molar-refractivity contribution in [3.8, 4) is 11.8 Å². The van der Waals surface area contributed by atoms with E-state index in [1.165, 1.54) is 6.92 Å². The number of carboxylic acids is 1. The lowest BCUT2D eigenvalue weighted by atomic mass is 10.0. The first-order valence-electron chi connectivity index (χ1n) is 3.55. The van der Waals surface area contributed by atoms with Gasteiger partial charge in [0, 0.05) is 0 Å². The van der Waals surface area contributed by atoms with Crippen molar-refractivity contribution in [3.63, 3.8) is 0 Å². The van der Waals surface area contributed by atoms with E-state index in [-0.39, 0.29) is 0 Å². The number of hydrogen-bond acceptors (Lipinski definition) is 3. The molecule has 4 heteroatoms. The second-order valence-electron chi connectivity index (χ2n) is 2.37. The number of carbonyl (C=O) groups is 1. The van der Waals surface area contributed by atoms with Crippen LogP contribution in [0.3, 0.4) is 0 Å². The molecule has 0 aliphatic rings. The third-order valence-electron chi connectivity index (χ3n) is 1.49. The SMILES string of the molecule is CC#CC(O)(C(=O)O)c1cccs1. The zero-order valence-corrected chi connectivity index (χ0v) is 7.76. The van der Waals surface area contributed by atoms with Gasteiger partial charge in [-0.25, -0.2) is 4.79 Å². The Bertz CT molecular complexity index is 358. The first kappa shape index (κ1) is 9.78. The fraction of sp³-hybridized carbons (Fsp3) is 0.222. The van der Waals surface area contributed by atoms with Crippen LogP contribution in [0.1, 0.15) is 11.8 Å². The molecule has 13 heavy (non-hydrogen) atoms. The quantitative estimate of drug-likeness (QED) is 0.695. The molecule has 1 heterocycles. The van der Waals surface area contributed by atoms with E-state index in [4.69, 9.17) is 5.11 Å². The second-order valence-corrected chi connectivity index (χ2v) is 3.32. The molecule has 0 fully saturated rings. The van der Waals surface area contributed by atoms with Gasteiger partial charge in [0.05, 0.1) is 4.88 Å². The molecule has 2 N–H and O–H groups in total. The Morgan fingerprint density at radius 2 is 2.38 bits per heavy atom. The molecule has 0 bridgehead atoms. The summed E-state index contributed by atoms with van der Waals surface area (Å²) >= 11 is 1.16. The molecular formula is C9H8O3S. The van der Waals surface area contributed by atoms with Gasteiger partial charge in [0.15, 0.2) is 0 Å². The fourth-order valence-electron chi connectivity index (χ4n) is 0.886. The van der Waals surface area contributed by atoms with Crippen molar-refractivity contribution in [3.05, 3.63) is 22.4 Å². The minimum Gasteiger partial charge on any atom is -0.478 e. The van der Waals surface area contributed by atoms with Crippen LogP contribution in [0.5, 0.6) is 0 Å². The van der Waals surface area contributed by atoms with Gasteiger partial charge >= 0.3 is 5.97 Å². The van der Waals surface area contributed by atoms with Gasteiger partial charge in [-0.1, -0.05) is 12.0 Å². The minimum atomic E-state index is -2.05. The summed E-state index contributed by atoms with van der Waals surface area (Å²) < 4.78 is 0. The number of aliphatic hydroxyl groups is 1. The Kier molecular flexibility index (Phi) is 2.71.